The van der Waals surface area contributed by atoms with E-state index in [1.807, 2.05) is 0 Å². The van der Waals surface area contributed by atoms with Crippen molar-refractivity contribution in [2.24, 2.45) is 0 Å². The van der Waals surface area contributed by atoms with Gasteiger partial charge in [-0.15, -0.1) is 0 Å². The predicted molar refractivity (Wildman–Crippen MR) is 111 cm³/mol. The topological polar surface area (TPSA) is 119 Å². The number of rotatable bonds is 5. The Balaban J connectivity index is 1.59. The van der Waals surface area contributed by atoms with E-state index < -0.39 is 10.8 Å². The smallest absolute Gasteiger partial charge is 0.271 e. The lowest BCUT2D eigenvalue weighted by molar-refractivity contribution is -0.384. The Bertz CT molecular complexity index is 1090. The van der Waals surface area contributed by atoms with Gasteiger partial charge in [-0.25, -0.2) is 0 Å². The van der Waals surface area contributed by atoms with Crippen molar-refractivity contribution in [1.29, 1.82) is 0 Å². The number of nitrogens with zero attached hydrogens (tertiary/aromatic N) is 2. The second kappa shape index (κ2) is 8.17. The van der Waals surface area contributed by atoms with Gasteiger partial charge in [-0.05, 0) is 37.1 Å². The number of amides is 3. The molecule has 1 saturated carbocycles. The van der Waals surface area contributed by atoms with E-state index in [0.717, 1.165) is 32.1 Å². The van der Waals surface area contributed by atoms with Gasteiger partial charge >= 0.3 is 0 Å². The number of hydrogen-bond donors (Lipinski definition) is 1. The summed E-state index contributed by atoms with van der Waals surface area (Å²) < 4.78 is 5.16. The van der Waals surface area contributed by atoms with Crippen LogP contribution in [0.1, 0.15) is 63.2 Å². The van der Waals surface area contributed by atoms with Gasteiger partial charge in [-0.1, -0.05) is 19.3 Å². The third-order valence-electron chi connectivity index (χ3n) is 5.76. The summed E-state index contributed by atoms with van der Waals surface area (Å²) in [5.41, 5.74) is 0.593. The van der Waals surface area contributed by atoms with Crippen LogP contribution >= 0.6 is 0 Å². The summed E-state index contributed by atoms with van der Waals surface area (Å²) in [4.78, 5) is 50.3. The van der Waals surface area contributed by atoms with Crippen molar-refractivity contribution >= 4 is 29.1 Å². The summed E-state index contributed by atoms with van der Waals surface area (Å²) in [6.45, 7) is 0. The number of ether oxygens (including phenoxy) is 1. The molecule has 1 N–H and O–H groups in total. The highest BCUT2D eigenvalue weighted by atomic mass is 16.6. The number of nitro groups is 1. The van der Waals surface area contributed by atoms with Gasteiger partial charge in [0.15, 0.2) is 0 Å². The van der Waals surface area contributed by atoms with Crippen LogP contribution in [0.25, 0.3) is 0 Å². The Morgan fingerprint density at radius 1 is 1.06 bits per heavy atom. The van der Waals surface area contributed by atoms with E-state index in [1.54, 1.807) is 0 Å². The van der Waals surface area contributed by atoms with Gasteiger partial charge in [0.25, 0.3) is 23.4 Å². The van der Waals surface area contributed by atoms with Gasteiger partial charge in [0, 0.05) is 23.7 Å². The molecule has 0 atom stereocenters. The molecule has 0 radical (unpaired) electrons. The zero-order valence-electron chi connectivity index (χ0n) is 16.9. The number of non-ortho nitro benzene ring substituents is 1. The van der Waals surface area contributed by atoms with Crippen LogP contribution in [0, 0.1) is 10.1 Å². The number of nitrogens with one attached hydrogen (secondary N) is 1. The number of nitro benzene ring substituents is 1. The first-order valence-corrected chi connectivity index (χ1v) is 10.1. The molecule has 160 valence electrons. The molecule has 0 unspecified atom stereocenters. The standard InChI is InChI=1S/C22H21N3O6/c1-31-19-10-8-15(25(29)30)12-18(19)23-20(26)13-7-9-16-17(11-13)22(28)24(21(16)27)14-5-3-2-4-6-14/h7-12,14H,2-6H2,1H3,(H,23,26). The molecule has 0 spiro atoms. The van der Waals surface area contributed by atoms with Crippen LogP contribution < -0.4 is 10.1 Å². The van der Waals surface area contributed by atoms with Crippen LogP contribution in [0.5, 0.6) is 5.75 Å². The molecule has 1 heterocycles. The quantitative estimate of drug-likeness (QED) is 0.444. The number of benzene rings is 2. The van der Waals surface area contributed by atoms with Crippen molar-refractivity contribution in [3.8, 4) is 5.75 Å². The van der Waals surface area contributed by atoms with Crippen LogP contribution in [-0.2, 0) is 0 Å². The third-order valence-corrected chi connectivity index (χ3v) is 5.76. The van der Waals surface area contributed by atoms with Gasteiger partial charge in [0.05, 0.1) is 28.8 Å². The average molecular weight is 423 g/mol. The van der Waals surface area contributed by atoms with Crippen molar-refractivity contribution in [2.75, 3.05) is 12.4 Å². The highest BCUT2D eigenvalue weighted by Crippen LogP contribution is 2.32. The van der Waals surface area contributed by atoms with Crippen molar-refractivity contribution in [2.45, 2.75) is 38.1 Å². The van der Waals surface area contributed by atoms with Crippen molar-refractivity contribution in [3.05, 3.63) is 63.2 Å². The molecule has 3 amide bonds. The Kier molecular flexibility index (Phi) is 5.41. The Labute approximate surface area is 178 Å². The molecule has 1 aliphatic heterocycles. The first-order chi connectivity index (χ1) is 14.9. The van der Waals surface area contributed by atoms with Gasteiger partial charge in [-0.2, -0.15) is 0 Å². The van der Waals surface area contributed by atoms with Crippen molar-refractivity contribution in [3.63, 3.8) is 0 Å². The Morgan fingerprint density at radius 3 is 2.45 bits per heavy atom. The van der Waals surface area contributed by atoms with E-state index in [1.165, 1.54) is 48.4 Å². The third kappa shape index (κ3) is 3.74. The van der Waals surface area contributed by atoms with Crippen LogP contribution in [0.2, 0.25) is 0 Å². The van der Waals surface area contributed by atoms with E-state index in [-0.39, 0.29) is 46.1 Å². The Morgan fingerprint density at radius 2 is 1.77 bits per heavy atom. The molecule has 0 saturated heterocycles. The van der Waals surface area contributed by atoms with E-state index in [9.17, 15) is 24.5 Å². The first-order valence-electron chi connectivity index (χ1n) is 10.1. The minimum atomic E-state index is -0.575. The van der Waals surface area contributed by atoms with E-state index in [4.69, 9.17) is 4.74 Å². The number of fused-ring (bicyclic) bond motifs is 1. The molecule has 9 heteroatoms. The van der Waals surface area contributed by atoms with Crippen molar-refractivity contribution < 1.29 is 24.0 Å². The molecule has 2 aromatic rings. The maximum absolute atomic E-state index is 12.9. The zero-order valence-corrected chi connectivity index (χ0v) is 16.9. The van der Waals surface area contributed by atoms with E-state index in [2.05, 4.69) is 5.32 Å². The average Bonchev–Trinajstić information content (AvgIpc) is 3.03. The van der Waals surface area contributed by atoms with Crippen LogP contribution in [0.4, 0.5) is 11.4 Å². The van der Waals surface area contributed by atoms with Crippen LogP contribution in [-0.4, -0.2) is 40.7 Å². The lowest BCUT2D eigenvalue weighted by Gasteiger charge is -2.29. The van der Waals surface area contributed by atoms with Crippen molar-refractivity contribution in [1.82, 2.24) is 4.90 Å². The van der Waals surface area contributed by atoms with Gasteiger partial charge < -0.3 is 10.1 Å². The summed E-state index contributed by atoms with van der Waals surface area (Å²) in [7, 11) is 1.39. The molecule has 9 nitrogen and oxygen atoms in total. The molecule has 0 aromatic heterocycles. The number of carbonyl (C=O) groups is 3. The monoisotopic (exact) mass is 423 g/mol. The molecule has 1 aliphatic carbocycles. The molecule has 2 aromatic carbocycles. The minimum Gasteiger partial charge on any atom is -0.495 e. The molecular weight excluding hydrogens is 402 g/mol. The molecule has 1 fully saturated rings. The zero-order chi connectivity index (χ0) is 22.1. The number of methoxy groups -OCH3 is 1. The summed E-state index contributed by atoms with van der Waals surface area (Å²) in [5.74, 6) is -1.01. The molecule has 2 aliphatic rings. The fourth-order valence-corrected chi connectivity index (χ4v) is 4.17. The highest BCUT2D eigenvalue weighted by Gasteiger charge is 2.40. The fraction of sp³-hybridized carbons (Fsp3) is 0.318. The lowest BCUT2D eigenvalue weighted by atomic mass is 9.94. The SMILES string of the molecule is COc1ccc([N+](=O)[O-])cc1NC(=O)c1ccc2c(c1)C(=O)N(C1CCCCC1)C2=O. The summed E-state index contributed by atoms with van der Waals surface area (Å²) in [6, 6.07) is 8.11. The minimum absolute atomic E-state index is 0.104. The van der Waals surface area contributed by atoms with Crippen LogP contribution in [0.3, 0.4) is 0 Å². The van der Waals surface area contributed by atoms with Crippen LogP contribution in [0.15, 0.2) is 36.4 Å². The first kappa shape index (κ1) is 20.5. The molecule has 4 rings (SSSR count). The maximum Gasteiger partial charge on any atom is 0.271 e. The number of hydrogen-bond acceptors (Lipinski definition) is 6. The largest absolute Gasteiger partial charge is 0.495 e. The van der Waals surface area contributed by atoms with Gasteiger partial charge in [-0.3, -0.25) is 29.4 Å². The number of imide groups is 1. The predicted octanol–water partition coefficient (Wildman–Crippen LogP) is 3.78. The van der Waals surface area contributed by atoms with E-state index in [0.29, 0.717) is 5.56 Å². The lowest BCUT2D eigenvalue weighted by Crippen LogP contribution is -2.40. The molecule has 0 bridgehead atoms. The van der Waals surface area contributed by atoms with Gasteiger partial charge in [0.1, 0.15) is 5.75 Å². The fourth-order valence-electron chi connectivity index (χ4n) is 4.17. The Hall–Kier alpha value is -3.75. The second-order valence-electron chi connectivity index (χ2n) is 7.63. The van der Waals surface area contributed by atoms with E-state index >= 15 is 0 Å². The maximum atomic E-state index is 12.9. The number of anilines is 1. The normalized spacial score (nSPS) is 16.2. The second-order valence-corrected chi connectivity index (χ2v) is 7.63. The summed E-state index contributed by atoms with van der Waals surface area (Å²) >= 11 is 0. The highest BCUT2D eigenvalue weighted by molar-refractivity contribution is 6.22. The number of carbonyl (C=O) groups excluding carboxylic acids is 3. The molecular formula is C22H21N3O6. The summed E-state index contributed by atoms with van der Waals surface area (Å²) in [5, 5.41) is 13.6. The molecule has 31 heavy (non-hydrogen) atoms. The van der Waals surface area contributed by atoms with Gasteiger partial charge in [0.2, 0.25) is 0 Å². The summed E-state index contributed by atoms with van der Waals surface area (Å²) in [6.07, 6.45) is 4.66.